The van der Waals surface area contributed by atoms with Gasteiger partial charge in [-0.1, -0.05) is 0 Å². The maximum Gasteiger partial charge on any atom is 0.340 e. The van der Waals surface area contributed by atoms with E-state index in [0.29, 0.717) is 5.75 Å². The van der Waals surface area contributed by atoms with Gasteiger partial charge in [-0.05, 0) is 18.2 Å². The molecule has 0 bridgehead atoms. The molecule has 0 saturated carbocycles. The minimum atomic E-state index is -0.760. The predicted octanol–water partition coefficient (Wildman–Crippen LogP) is 1.74. The van der Waals surface area contributed by atoms with Crippen molar-refractivity contribution in [2.45, 2.75) is 0 Å². The fraction of sp³-hybridized carbons (Fsp3) is 0.364. The van der Waals surface area contributed by atoms with Crippen LogP contribution in [0.5, 0.6) is 5.75 Å². The second-order valence-corrected chi connectivity index (χ2v) is 3.11. The molecule has 6 heteroatoms. The zero-order chi connectivity index (χ0) is 12.7. The average Bonchev–Trinajstić information content (AvgIpc) is 2.35. The van der Waals surface area contributed by atoms with Gasteiger partial charge in [-0.25, -0.2) is 13.6 Å². The first-order chi connectivity index (χ1) is 8.19. The number of nitrogens with two attached hydrogens (primary N) is 1. The fourth-order valence-electron chi connectivity index (χ4n) is 1.17. The number of halogens is 2. The summed E-state index contributed by atoms with van der Waals surface area (Å²) in [5.74, 6) is -0.421. The molecule has 1 aromatic rings. The highest BCUT2D eigenvalue weighted by molar-refractivity contribution is 5.95. The monoisotopic (exact) mass is 245 g/mol. The van der Waals surface area contributed by atoms with Crippen LogP contribution in [0.2, 0.25) is 0 Å². The van der Waals surface area contributed by atoms with Gasteiger partial charge in [0.25, 0.3) is 0 Å². The lowest BCUT2D eigenvalue weighted by atomic mass is 10.2. The van der Waals surface area contributed by atoms with Gasteiger partial charge in [0, 0.05) is 5.69 Å². The molecular weight excluding hydrogens is 232 g/mol. The number of anilines is 1. The fourth-order valence-corrected chi connectivity index (χ4v) is 1.17. The largest absolute Gasteiger partial charge is 0.491 e. The van der Waals surface area contributed by atoms with Crippen molar-refractivity contribution in [2.24, 2.45) is 0 Å². The number of esters is 1. The third-order valence-electron chi connectivity index (χ3n) is 1.90. The molecule has 0 spiro atoms. The molecule has 2 N–H and O–H groups in total. The zero-order valence-electron chi connectivity index (χ0n) is 9.12. The van der Waals surface area contributed by atoms with Gasteiger partial charge in [0.05, 0.1) is 5.56 Å². The van der Waals surface area contributed by atoms with E-state index in [1.54, 1.807) is 0 Å². The van der Waals surface area contributed by atoms with Crippen molar-refractivity contribution in [3.63, 3.8) is 0 Å². The van der Waals surface area contributed by atoms with Crippen LogP contribution < -0.4 is 10.5 Å². The highest BCUT2D eigenvalue weighted by Gasteiger charge is 2.12. The summed E-state index contributed by atoms with van der Waals surface area (Å²) >= 11 is 0. The lowest BCUT2D eigenvalue weighted by molar-refractivity contribution is 0.0482. The van der Waals surface area contributed by atoms with Crippen molar-refractivity contribution in [3.05, 3.63) is 23.8 Å². The standard InChI is InChI=1S/C11H13F2NO3/c12-3-5-16-8-1-2-10(14)9(7-8)11(15)17-6-4-13/h1-2,7H,3-6,14H2. The Kier molecular flexibility index (Phi) is 5.19. The molecule has 4 nitrogen and oxygen atoms in total. The molecule has 0 fully saturated rings. The summed E-state index contributed by atoms with van der Waals surface area (Å²) in [4.78, 5) is 11.5. The number of rotatable bonds is 6. The maximum atomic E-state index is 11.9. The van der Waals surface area contributed by atoms with Crippen LogP contribution in [0.1, 0.15) is 10.4 Å². The first-order valence-corrected chi connectivity index (χ1v) is 5.00. The zero-order valence-corrected chi connectivity index (χ0v) is 9.12. The number of carbonyl (C=O) groups excluding carboxylic acids is 1. The smallest absolute Gasteiger partial charge is 0.340 e. The van der Waals surface area contributed by atoms with Crippen LogP contribution >= 0.6 is 0 Å². The molecule has 0 atom stereocenters. The topological polar surface area (TPSA) is 61.5 Å². The molecule has 0 amide bonds. The SMILES string of the molecule is Nc1ccc(OCCF)cc1C(=O)OCCF. The first-order valence-electron chi connectivity index (χ1n) is 5.00. The number of hydrogen-bond acceptors (Lipinski definition) is 4. The Morgan fingerprint density at radius 3 is 2.59 bits per heavy atom. The second-order valence-electron chi connectivity index (χ2n) is 3.11. The van der Waals surface area contributed by atoms with Gasteiger partial charge in [-0.2, -0.15) is 0 Å². The molecule has 0 aliphatic heterocycles. The van der Waals surface area contributed by atoms with E-state index in [9.17, 15) is 13.6 Å². The third-order valence-corrected chi connectivity index (χ3v) is 1.90. The molecule has 1 rings (SSSR count). The highest BCUT2D eigenvalue weighted by atomic mass is 19.1. The van der Waals surface area contributed by atoms with Crippen LogP contribution in [0.3, 0.4) is 0 Å². The van der Waals surface area contributed by atoms with E-state index in [1.165, 1.54) is 18.2 Å². The Bertz CT molecular complexity index is 385. The highest BCUT2D eigenvalue weighted by Crippen LogP contribution is 2.20. The van der Waals surface area contributed by atoms with E-state index in [-0.39, 0.29) is 24.5 Å². The quantitative estimate of drug-likeness (QED) is 0.612. The van der Waals surface area contributed by atoms with E-state index in [1.807, 2.05) is 0 Å². The molecule has 1 aromatic carbocycles. The Labute approximate surface area is 97.3 Å². The number of hydrogen-bond donors (Lipinski definition) is 1. The first kappa shape index (κ1) is 13.2. The average molecular weight is 245 g/mol. The second kappa shape index (κ2) is 6.67. The van der Waals surface area contributed by atoms with Gasteiger partial charge in [-0.3, -0.25) is 0 Å². The van der Waals surface area contributed by atoms with Gasteiger partial charge >= 0.3 is 5.97 Å². The number of nitrogen functional groups attached to an aromatic ring is 1. The van der Waals surface area contributed by atoms with E-state index in [2.05, 4.69) is 4.74 Å². The van der Waals surface area contributed by atoms with Crippen LogP contribution in [0.15, 0.2) is 18.2 Å². The van der Waals surface area contributed by atoms with Crippen molar-refractivity contribution in [2.75, 3.05) is 32.3 Å². The van der Waals surface area contributed by atoms with Crippen molar-refractivity contribution >= 4 is 11.7 Å². The lowest BCUT2D eigenvalue weighted by Gasteiger charge is -2.08. The Balaban J connectivity index is 2.78. The van der Waals surface area contributed by atoms with Crippen LogP contribution in [-0.2, 0) is 4.74 Å². The molecule has 94 valence electrons. The van der Waals surface area contributed by atoms with Crippen molar-refractivity contribution < 1.29 is 23.0 Å². The van der Waals surface area contributed by atoms with Gasteiger partial charge in [0.15, 0.2) is 0 Å². The normalized spacial score (nSPS) is 10.0. The molecule has 0 unspecified atom stereocenters. The van der Waals surface area contributed by atoms with Gasteiger partial charge in [0.1, 0.15) is 32.3 Å². The number of benzene rings is 1. The molecule has 0 saturated heterocycles. The summed E-state index contributed by atoms with van der Waals surface area (Å²) in [7, 11) is 0. The number of alkyl halides is 2. The van der Waals surface area contributed by atoms with E-state index >= 15 is 0 Å². The minimum Gasteiger partial charge on any atom is -0.491 e. The Morgan fingerprint density at radius 2 is 1.94 bits per heavy atom. The van der Waals surface area contributed by atoms with Crippen LogP contribution in [0.25, 0.3) is 0 Å². The minimum absolute atomic E-state index is 0.0785. The molecule has 17 heavy (non-hydrogen) atoms. The van der Waals surface area contributed by atoms with Crippen LogP contribution in [0, 0.1) is 0 Å². The van der Waals surface area contributed by atoms with E-state index < -0.39 is 19.3 Å². The van der Waals surface area contributed by atoms with Gasteiger partial charge < -0.3 is 15.2 Å². The van der Waals surface area contributed by atoms with Crippen molar-refractivity contribution in [3.8, 4) is 5.75 Å². The van der Waals surface area contributed by atoms with Crippen LogP contribution in [0.4, 0.5) is 14.5 Å². The number of ether oxygens (including phenoxy) is 2. The summed E-state index contributed by atoms with van der Waals surface area (Å²) in [6.07, 6.45) is 0. The molecular formula is C11H13F2NO3. The van der Waals surface area contributed by atoms with E-state index in [0.717, 1.165) is 0 Å². The predicted molar refractivity (Wildman–Crippen MR) is 58.6 cm³/mol. The molecule has 0 aromatic heterocycles. The third kappa shape index (κ3) is 3.90. The van der Waals surface area contributed by atoms with Gasteiger partial charge in [-0.15, -0.1) is 0 Å². The summed E-state index contributed by atoms with van der Waals surface area (Å²) in [6, 6.07) is 4.29. The summed E-state index contributed by atoms with van der Waals surface area (Å²) in [6.45, 7) is -1.83. The van der Waals surface area contributed by atoms with Crippen molar-refractivity contribution in [1.29, 1.82) is 0 Å². The summed E-state index contributed by atoms with van der Waals surface area (Å²) in [5.41, 5.74) is 5.84. The van der Waals surface area contributed by atoms with Gasteiger partial charge in [0.2, 0.25) is 0 Å². The summed E-state index contributed by atoms with van der Waals surface area (Å²) in [5, 5.41) is 0. The Morgan fingerprint density at radius 1 is 1.24 bits per heavy atom. The van der Waals surface area contributed by atoms with Crippen molar-refractivity contribution in [1.82, 2.24) is 0 Å². The van der Waals surface area contributed by atoms with Crippen LogP contribution in [-0.4, -0.2) is 32.5 Å². The lowest BCUT2D eigenvalue weighted by Crippen LogP contribution is -2.10. The molecule has 0 aliphatic rings. The maximum absolute atomic E-state index is 11.9. The Hall–Kier alpha value is -1.85. The molecule has 0 aliphatic carbocycles. The van der Waals surface area contributed by atoms with E-state index in [4.69, 9.17) is 10.5 Å². The molecule has 0 radical (unpaired) electrons. The number of carbonyl (C=O) groups is 1. The summed E-state index contributed by atoms with van der Waals surface area (Å²) < 4.78 is 33.3. The molecule has 0 heterocycles.